The lowest BCUT2D eigenvalue weighted by atomic mass is 10.1. The quantitative estimate of drug-likeness (QED) is 0.131. The van der Waals surface area contributed by atoms with Gasteiger partial charge in [0.05, 0.1) is 30.5 Å². The summed E-state index contributed by atoms with van der Waals surface area (Å²) >= 11 is 1.82. The van der Waals surface area contributed by atoms with E-state index in [-0.39, 0.29) is 0 Å². The van der Waals surface area contributed by atoms with Gasteiger partial charge in [0.15, 0.2) is 11.5 Å². The number of aryl methyl sites for hydroxylation is 1. The van der Waals surface area contributed by atoms with Crippen molar-refractivity contribution >= 4 is 22.8 Å². The molecule has 0 atom stereocenters. The zero-order valence-corrected chi connectivity index (χ0v) is 19.9. The molecule has 0 aliphatic heterocycles. The molecule has 0 saturated carbocycles. The Morgan fingerprint density at radius 3 is 2.61 bits per heavy atom. The van der Waals surface area contributed by atoms with Crippen molar-refractivity contribution in [2.45, 2.75) is 36.5 Å². The monoisotopic (exact) mass is 458 g/mol. The number of ether oxygens (including phenoxy) is 2. The van der Waals surface area contributed by atoms with E-state index in [4.69, 9.17) is 14.5 Å². The summed E-state index contributed by atoms with van der Waals surface area (Å²) in [5.41, 5.74) is 3.42. The van der Waals surface area contributed by atoms with Gasteiger partial charge in [0.2, 0.25) is 0 Å². The molecule has 0 saturated heterocycles. The Bertz CT molecular complexity index is 1190. The third kappa shape index (κ3) is 5.99. The Kier molecular flexibility index (Phi) is 8.09. The van der Waals surface area contributed by atoms with Crippen molar-refractivity contribution in [1.82, 2.24) is 9.55 Å². The van der Waals surface area contributed by atoms with Crippen molar-refractivity contribution in [3.63, 3.8) is 0 Å². The third-order valence-corrected chi connectivity index (χ3v) is 6.49. The van der Waals surface area contributed by atoms with Gasteiger partial charge in [-0.3, -0.25) is 0 Å². The van der Waals surface area contributed by atoms with Crippen molar-refractivity contribution in [3.8, 4) is 11.5 Å². The van der Waals surface area contributed by atoms with Crippen molar-refractivity contribution in [3.05, 3.63) is 96.8 Å². The summed E-state index contributed by atoms with van der Waals surface area (Å²) in [6.45, 7) is 5.37. The smallest absolute Gasteiger partial charge is 0.161 e. The molecule has 0 fully saturated rings. The fraction of sp³-hybridized carbons (Fsp3) is 0.250. The minimum Gasteiger partial charge on any atom is -0.493 e. The highest BCUT2D eigenvalue weighted by Gasteiger charge is 2.11. The fourth-order valence-corrected chi connectivity index (χ4v) is 4.69. The largest absolute Gasteiger partial charge is 0.493 e. The molecule has 0 aliphatic carbocycles. The standard InChI is InChI=1S/C28H30N2O2S/c1-3-11-22-16-17-26(27(20-22)31-2)32-19-10-9-18-30-25-15-8-7-14-24(25)29-28(30)21-33-23-12-5-4-6-13-23/h3-8,12-17,20H,1,9-11,18-19,21H2,2H3. The molecule has 0 bridgehead atoms. The number of fused-ring (bicyclic) bond motifs is 1. The summed E-state index contributed by atoms with van der Waals surface area (Å²) in [6.07, 6.45) is 4.68. The van der Waals surface area contributed by atoms with Gasteiger partial charge in [0, 0.05) is 11.4 Å². The number of hydrogen-bond acceptors (Lipinski definition) is 4. The van der Waals surface area contributed by atoms with E-state index in [9.17, 15) is 0 Å². The number of aromatic nitrogens is 2. The van der Waals surface area contributed by atoms with Crippen LogP contribution in [0.25, 0.3) is 11.0 Å². The first-order valence-electron chi connectivity index (χ1n) is 11.3. The molecule has 1 aromatic heterocycles. The van der Waals surface area contributed by atoms with Gasteiger partial charge in [-0.2, -0.15) is 0 Å². The van der Waals surface area contributed by atoms with Crippen LogP contribution in [0.2, 0.25) is 0 Å². The van der Waals surface area contributed by atoms with Crippen LogP contribution in [0.15, 0.2) is 90.3 Å². The van der Waals surface area contributed by atoms with Crippen molar-refractivity contribution in [2.24, 2.45) is 0 Å². The van der Waals surface area contributed by atoms with Crippen LogP contribution in [-0.2, 0) is 18.7 Å². The summed E-state index contributed by atoms with van der Waals surface area (Å²) in [7, 11) is 1.68. The average Bonchev–Trinajstić information content (AvgIpc) is 3.21. The second-order valence-electron chi connectivity index (χ2n) is 7.80. The van der Waals surface area contributed by atoms with E-state index < -0.39 is 0 Å². The second kappa shape index (κ2) is 11.6. The summed E-state index contributed by atoms with van der Waals surface area (Å²) in [6, 6.07) is 24.9. The van der Waals surface area contributed by atoms with E-state index >= 15 is 0 Å². The van der Waals surface area contributed by atoms with Crippen LogP contribution >= 0.6 is 11.8 Å². The van der Waals surface area contributed by atoms with Crippen LogP contribution in [0.1, 0.15) is 24.2 Å². The van der Waals surface area contributed by atoms with E-state index in [2.05, 4.69) is 65.7 Å². The normalized spacial score (nSPS) is 10.9. The van der Waals surface area contributed by atoms with Gasteiger partial charge in [-0.05, 0) is 61.2 Å². The molecule has 0 radical (unpaired) electrons. The highest BCUT2D eigenvalue weighted by molar-refractivity contribution is 7.98. The lowest BCUT2D eigenvalue weighted by Crippen LogP contribution is -2.06. The third-order valence-electron chi connectivity index (χ3n) is 5.49. The maximum atomic E-state index is 6.02. The predicted octanol–water partition coefficient (Wildman–Crippen LogP) is 6.92. The molecule has 0 spiro atoms. The second-order valence-corrected chi connectivity index (χ2v) is 8.85. The van der Waals surface area contributed by atoms with Gasteiger partial charge in [-0.25, -0.2) is 4.98 Å². The molecular formula is C28H30N2O2S. The van der Waals surface area contributed by atoms with Gasteiger partial charge in [0.1, 0.15) is 5.82 Å². The summed E-state index contributed by atoms with van der Waals surface area (Å²) < 4.78 is 13.9. The Morgan fingerprint density at radius 2 is 1.79 bits per heavy atom. The number of unbranched alkanes of at least 4 members (excludes halogenated alkanes) is 1. The van der Waals surface area contributed by atoms with E-state index in [0.29, 0.717) is 6.61 Å². The van der Waals surface area contributed by atoms with Crippen LogP contribution in [0, 0.1) is 0 Å². The molecule has 5 heteroatoms. The van der Waals surface area contributed by atoms with Crippen LogP contribution in [0.5, 0.6) is 11.5 Å². The SMILES string of the molecule is C=CCc1ccc(OCCCCn2c(CSc3ccccc3)nc3ccccc32)c(OC)c1. The number of allylic oxidation sites excluding steroid dienone is 1. The molecule has 170 valence electrons. The van der Waals surface area contributed by atoms with Crippen LogP contribution in [0.3, 0.4) is 0 Å². The number of thioether (sulfide) groups is 1. The fourth-order valence-electron chi connectivity index (χ4n) is 3.83. The molecule has 0 unspecified atom stereocenters. The first kappa shape index (κ1) is 23.0. The van der Waals surface area contributed by atoms with Gasteiger partial charge >= 0.3 is 0 Å². The molecular weight excluding hydrogens is 428 g/mol. The first-order chi connectivity index (χ1) is 16.3. The summed E-state index contributed by atoms with van der Waals surface area (Å²) in [5.74, 6) is 3.53. The number of imidazole rings is 1. The molecule has 0 aliphatic rings. The zero-order valence-electron chi connectivity index (χ0n) is 19.1. The minimum absolute atomic E-state index is 0.651. The molecule has 4 aromatic rings. The van der Waals surface area contributed by atoms with E-state index in [0.717, 1.165) is 54.4 Å². The summed E-state index contributed by atoms with van der Waals surface area (Å²) in [5, 5.41) is 0. The zero-order chi connectivity index (χ0) is 22.9. The van der Waals surface area contributed by atoms with E-state index in [1.807, 2.05) is 36.0 Å². The summed E-state index contributed by atoms with van der Waals surface area (Å²) in [4.78, 5) is 6.17. The molecule has 4 rings (SSSR count). The first-order valence-corrected chi connectivity index (χ1v) is 12.3. The Labute approximate surface area is 200 Å². The highest BCUT2D eigenvalue weighted by Crippen LogP contribution is 2.29. The molecule has 33 heavy (non-hydrogen) atoms. The highest BCUT2D eigenvalue weighted by atomic mass is 32.2. The van der Waals surface area contributed by atoms with Crippen molar-refractivity contribution < 1.29 is 9.47 Å². The van der Waals surface area contributed by atoms with Gasteiger partial charge in [-0.15, -0.1) is 18.3 Å². The van der Waals surface area contributed by atoms with Crippen LogP contribution < -0.4 is 9.47 Å². The molecule has 1 heterocycles. The van der Waals surface area contributed by atoms with Gasteiger partial charge < -0.3 is 14.0 Å². The van der Waals surface area contributed by atoms with Gasteiger partial charge in [0.25, 0.3) is 0 Å². The number of hydrogen-bond donors (Lipinski definition) is 0. The maximum Gasteiger partial charge on any atom is 0.161 e. The number of benzene rings is 3. The lowest BCUT2D eigenvalue weighted by Gasteiger charge is -2.13. The van der Waals surface area contributed by atoms with E-state index in [1.165, 1.54) is 16.0 Å². The van der Waals surface area contributed by atoms with Crippen LogP contribution in [0.4, 0.5) is 0 Å². The minimum atomic E-state index is 0.651. The number of nitrogens with zero attached hydrogens (tertiary/aromatic N) is 2. The molecule has 3 aromatic carbocycles. The maximum absolute atomic E-state index is 6.02. The topological polar surface area (TPSA) is 36.3 Å². The average molecular weight is 459 g/mol. The lowest BCUT2D eigenvalue weighted by molar-refractivity contribution is 0.283. The van der Waals surface area contributed by atoms with E-state index in [1.54, 1.807) is 7.11 Å². The number of methoxy groups -OCH3 is 1. The number of para-hydroxylation sites is 2. The number of rotatable bonds is 12. The van der Waals surface area contributed by atoms with Crippen molar-refractivity contribution in [1.29, 1.82) is 0 Å². The Morgan fingerprint density at radius 1 is 0.970 bits per heavy atom. The van der Waals surface area contributed by atoms with Crippen LogP contribution in [-0.4, -0.2) is 23.3 Å². The Hall–Kier alpha value is -3.18. The molecule has 0 N–H and O–H groups in total. The molecule has 4 nitrogen and oxygen atoms in total. The molecule has 0 amide bonds. The van der Waals surface area contributed by atoms with Gasteiger partial charge in [-0.1, -0.05) is 42.5 Å². The predicted molar refractivity (Wildman–Crippen MR) is 137 cm³/mol. The van der Waals surface area contributed by atoms with Crippen molar-refractivity contribution in [2.75, 3.05) is 13.7 Å². The Balaban J connectivity index is 1.35.